The monoisotopic (exact) mass is 234 g/mol. The first kappa shape index (κ1) is 11.1. The minimum atomic E-state index is -0.420. The summed E-state index contributed by atoms with van der Waals surface area (Å²) in [5.41, 5.74) is 6.14. The molecular weight excluding hydrogens is 223 g/mol. The molecule has 0 saturated heterocycles. The predicted octanol–water partition coefficient (Wildman–Crippen LogP) is 1.95. The van der Waals surface area contributed by atoms with Crippen molar-refractivity contribution in [3.05, 3.63) is 36.4 Å². The van der Waals surface area contributed by atoms with Crippen molar-refractivity contribution in [2.45, 2.75) is 0 Å². The second-order valence-corrected chi connectivity index (χ2v) is 3.30. The van der Waals surface area contributed by atoms with Crippen LogP contribution in [0, 0.1) is 5.82 Å². The highest BCUT2D eigenvalue weighted by Crippen LogP contribution is 2.23. The summed E-state index contributed by atoms with van der Waals surface area (Å²) in [7, 11) is 1.41. The summed E-state index contributed by atoms with van der Waals surface area (Å²) in [5.74, 6) is 0.534. The number of methoxy groups -OCH3 is 1. The molecule has 0 aliphatic rings. The van der Waals surface area contributed by atoms with Gasteiger partial charge in [0, 0.05) is 11.8 Å². The van der Waals surface area contributed by atoms with Gasteiger partial charge in [-0.25, -0.2) is 9.37 Å². The third kappa shape index (κ3) is 2.60. The number of nitrogens with one attached hydrogen (secondary N) is 1. The molecule has 0 saturated carbocycles. The molecule has 0 spiro atoms. The Hall–Kier alpha value is -2.37. The van der Waals surface area contributed by atoms with Gasteiger partial charge in [0.2, 0.25) is 0 Å². The average molecular weight is 234 g/mol. The lowest BCUT2D eigenvalue weighted by Gasteiger charge is -2.08. The molecule has 1 aromatic heterocycles. The lowest BCUT2D eigenvalue weighted by molar-refractivity contribution is 0.387. The molecule has 0 aliphatic carbocycles. The summed E-state index contributed by atoms with van der Waals surface area (Å²) in [6.45, 7) is 0. The fourth-order valence-corrected chi connectivity index (χ4v) is 1.33. The fraction of sp³-hybridized carbons (Fsp3) is 0.0909. The Kier molecular flexibility index (Phi) is 3.04. The van der Waals surface area contributed by atoms with Gasteiger partial charge in [0.05, 0.1) is 19.5 Å². The minimum Gasteiger partial charge on any atom is -0.494 e. The second-order valence-electron chi connectivity index (χ2n) is 3.30. The van der Waals surface area contributed by atoms with Crippen molar-refractivity contribution in [2.75, 3.05) is 18.2 Å². The van der Waals surface area contributed by atoms with Gasteiger partial charge in [-0.3, -0.25) is 4.98 Å². The van der Waals surface area contributed by atoms with Crippen LogP contribution in [0.4, 0.5) is 21.7 Å². The maximum atomic E-state index is 13.2. The van der Waals surface area contributed by atoms with Gasteiger partial charge in [-0.2, -0.15) is 0 Å². The quantitative estimate of drug-likeness (QED) is 0.849. The molecule has 17 heavy (non-hydrogen) atoms. The molecule has 0 fully saturated rings. The zero-order valence-electron chi connectivity index (χ0n) is 9.14. The van der Waals surface area contributed by atoms with E-state index in [1.165, 1.54) is 31.6 Å². The van der Waals surface area contributed by atoms with Crippen molar-refractivity contribution in [1.82, 2.24) is 9.97 Å². The van der Waals surface area contributed by atoms with E-state index in [0.717, 1.165) is 0 Å². The van der Waals surface area contributed by atoms with Crippen molar-refractivity contribution >= 4 is 17.3 Å². The molecule has 6 heteroatoms. The lowest BCUT2D eigenvalue weighted by atomic mass is 10.3. The van der Waals surface area contributed by atoms with E-state index in [4.69, 9.17) is 10.5 Å². The van der Waals surface area contributed by atoms with Crippen LogP contribution >= 0.6 is 0 Å². The Morgan fingerprint density at radius 2 is 2.18 bits per heavy atom. The van der Waals surface area contributed by atoms with E-state index in [9.17, 15) is 4.39 Å². The zero-order valence-corrected chi connectivity index (χ0v) is 9.14. The van der Waals surface area contributed by atoms with Gasteiger partial charge in [0.25, 0.3) is 0 Å². The molecule has 1 heterocycles. The number of rotatable bonds is 3. The summed E-state index contributed by atoms with van der Waals surface area (Å²) in [4.78, 5) is 7.90. The SMILES string of the molecule is COc1cc(Nc2cncc(N)n2)ccc1F. The molecule has 1 aromatic carbocycles. The van der Waals surface area contributed by atoms with Crippen LogP contribution in [0.3, 0.4) is 0 Å². The maximum Gasteiger partial charge on any atom is 0.165 e. The molecule has 88 valence electrons. The zero-order chi connectivity index (χ0) is 12.3. The first-order valence-corrected chi connectivity index (χ1v) is 4.87. The molecule has 0 radical (unpaired) electrons. The number of benzene rings is 1. The van der Waals surface area contributed by atoms with E-state index in [-0.39, 0.29) is 5.75 Å². The standard InChI is InChI=1S/C11H11FN4O/c1-17-9-4-7(2-3-8(9)12)15-11-6-14-5-10(13)16-11/h2-6H,1H3,(H3,13,15,16). The van der Waals surface area contributed by atoms with Gasteiger partial charge >= 0.3 is 0 Å². The molecule has 2 rings (SSSR count). The van der Waals surface area contributed by atoms with Crippen molar-refractivity contribution in [3.8, 4) is 5.75 Å². The number of anilines is 3. The van der Waals surface area contributed by atoms with Crippen LogP contribution in [-0.4, -0.2) is 17.1 Å². The molecule has 0 bridgehead atoms. The van der Waals surface area contributed by atoms with Gasteiger partial charge in [-0.15, -0.1) is 0 Å². The van der Waals surface area contributed by atoms with Gasteiger partial charge in [0.15, 0.2) is 17.4 Å². The van der Waals surface area contributed by atoms with E-state index in [1.807, 2.05) is 0 Å². The van der Waals surface area contributed by atoms with E-state index in [0.29, 0.717) is 17.3 Å². The third-order valence-corrected chi connectivity index (χ3v) is 2.08. The summed E-state index contributed by atoms with van der Waals surface area (Å²) >= 11 is 0. The van der Waals surface area contributed by atoms with E-state index < -0.39 is 5.82 Å². The molecule has 0 unspecified atom stereocenters. The summed E-state index contributed by atoms with van der Waals surface area (Å²) in [6, 6.07) is 4.41. The maximum absolute atomic E-state index is 13.2. The average Bonchev–Trinajstić information content (AvgIpc) is 2.32. The number of halogens is 1. The Labute approximate surface area is 97.5 Å². The van der Waals surface area contributed by atoms with E-state index in [2.05, 4.69) is 15.3 Å². The number of nitrogens with two attached hydrogens (primary N) is 1. The Morgan fingerprint density at radius 3 is 2.88 bits per heavy atom. The van der Waals surface area contributed by atoms with Crippen LogP contribution in [-0.2, 0) is 0 Å². The van der Waals surface area contributed by atoms with Crippen molar-refractivity contribution < 1.29 is 9.13 Å². The Balaban J connectivity index is 2.24. The first-order chi connectivity index (χ1) is 8.19. The highest BCUT2D eigenvalue weighted by Gasteiger charge is 2.04. The third-order valence-electron chi connectivity index (χ3n) is 2.08. The predicted molar refractivity (Wildman–Crippen MR) is 62.7 cm³/mol. The molecule has 5 nitrogen and oxygen atoms in total. The smallest absolute Gasteiger partial charge is 0.165 e. The summed E-state index contributed by atoms with van der Waals surface area (Å²) in [6.07, 6.45) is 2.96. The second kappa shape index (κ2) is 4.65. The van der Waals surface area contributed by atoms with Crippen molar-refractivity contribution in [3.63, 3.8) is 0 Å². The number of hydrogen-bond donors (Lipinski definition) is 2. The minimum absolute atomic E-state index is 0.159. The molecule has 0 atom stereocenters. The highest BCUT2D eigenvalue weighted by atomic mass is 19.1. The number of aromatic nitrogens is 2. The van der Waals surface area contributed by atoms with Gasteiger partial charge in [-0.05, 0) is 12.1 Å². The normalized spacial score (nSPS) is 10.0. The van der Waals surface area contributed by atoms with Crippen LogP contribution in [0.2, 0.25) is 0 Å². The Bertz CT molecular complexity index is 533. The van der Waals surface area contributed by atoms with Gasteiger partial charge in [0.1, 0.15) is 5.82 Å². The van der Waals surface area contributed by atoms with Crippen LogP contribution in [0.25, 0.3) is 0 Å². The van der Waals surface area contributed by atoms with Crippen LogP contribution in [0.5, 0.6) is 5.75 Å². The van der Waals surface area contributed by atoms with E-state index >= 15 is 0 Å². The number of nitrogen functional groups attached to an aromatic ring is 1. The van der Waals surface area contributed by atoms with E-state index in [1.54, 1.807) is 6.07 Å². The number of ether oxygens (including phenoxy) is 1. The molecular formula is C11H11FN4O. The largest absolute Gasteiger partial charge is 0.494 e. The molecule has 3 N–H and O–H groups in total. The van der Waals surface area contributed by atoms with Crippen molar-refractivity contribution in [2.24, 2.45) is 0 Å². The van der Waals surface area contributed by atoms with Crippen LogP contribution in [0.1, 0.15) is 0 Å². The Morgan fingerprint density at radius 1 is 1.35 bits per heavy atom. The van der Waals surface area contributed by atoms with Gasteiger partial charge < -0.3 is 15.8 Å². The molecule has 0 amide bonds. The van der Waals surface area contributed by atoms with Crippen LogP contribution < -0.4 is 15.8 Å². The summed E-state index contributed by atoms with van der Waals surface area (Å²) < 4.78 is 18.0. The summed E-state index contributed by atoms with van der Waals surface area (Å²) in [5, 5.41) is 2.95. The van der Waals surface area contributed by atoms with Crippen LogP contribution in [0.15, 0.2) is 30.6 Å². The lowest BCUT2D eigenvalue weighted by Crippen LogP contribution is -1.99. The topological polar surface area (TPSA) is 73.1 Å². The number of hydrogen-bond acceptors (Lipinski definition) is 5. The first-order valence-electron chi connectivity index (χ1n) is 4.87. The van der Waals surface area contributed by atoms with Gasteiger partial charge in [-0.1, -0.05) is 0 Å². The molecule has 0 aliphatic heterocycles. The number of nitrogens with zero attached hydrogens (tertiary/aromatic N) is 2. The highest BCUT2D eigenvalue weighted by molar-refractivity contribution is 5.58. The van der Waals surface area contributed by atoms with Crippen molar-refractivity contribution in [1.29, 1.82) is 0 Å². The fourth-order valence-electron chi connectivity index (χ4n) is 1.33. The molecule has 2 aromatic rings.